The number of aryl methyl sites for hydroxylation is 2. The van der Waals surface area contributed by atoms with Crippen molar-refractivity contribution in [2.24, 2.45) is 0 Å². The molecule has 0 fully saturated rings. The molecule has 2 aromatic heterocycles. The monoisotopic (exact) mass is 439 g/mol. The zero-order valence-corrected chi connectivity index (χ0v) is 18.6. The molecule has 0 unspecified atom stereocenters. The summed E-state index contributed by atoms with van der Waals surface area (Å²) < 4.78 is 17.8. The van der Waals surface area contributed by atoms with Crippen molar-refractivity contribution in [3.05, 3.63) is 52.9 Å². The Balaban J connectivity index is 1.86. The lowest BCUT2D eigenvalue weighted by Gasteiger charge is -2.13. The normalized spacial score (nSPS) is 10.9. The lowest BCUT2D eigenvalue weighted by atomic mass is 10.2. The fourth-order valence-corrected chi connectivity index (χ4v) is 3.65. The molecule has 0 bridgehead atoms. The van der Waals surface area contributed by atoms with E-state index in [1.807, 2.05) is 38.1 Å². The van der Waals surface area contributed by atoms with Crippen LogP contribution >= 0.6 is 11.6 Å². The molecule has 0 amide bonds. The standard InChI is InChI=1S/C22H22ClN5O3/c1-12-20-22(25-15-7-9-17(29-3)16(23)11-15)26-21(27-28(20)13(2)24-12)14-6-8-18(30-4)19(10-14)31-5/h6-11H,1-5H3,(H,25,26,27). The topological polar surface area (TPSA) is 82.8 Å². The van der Waals surface area contributed by atoms with Gasteiger partial charge >= 0.3 is 0 Å². The van der Waals surface area contributed by atoms with E-state index >= 15 is 0 Å². The van der Waals surface area contributed by atoms with Crippen molar-refractivity contribution in [1.82, 2.24) is 19.6 Å². The molecule has 4 aromatic rings. The molecule has 0 aliphatic carbocycles. The number of hydrogen-bond acceptors (Lipinski definition) is 7. The van der Waals surface area contributed by atoms with E-state index in [1.54, 1.807) is 38.0 Å². The minimum absolute atomic E-state index is 0.499. The van der Waals surface area contributed by atoms with E-state index in [0.717, 1.165) is 28.3 Å². The Hall–Kier alpha value is -3.52. The van der Waals surface area contributed by atoms with Crippen LogP contribution in [0, 0.1) is 13.8 Å². The maximum Gasteiger partial charge on any atom is 0.182 e. The number of ether oxygens (including phenoxy) is 3. The van der Waals surface area contributed by atoms with E-state index in [4.69, 9.17) is 35.9 Å². The molecule has 2 aromatic carbocycles. The molecular formula is C22H22ClN5O3. The van der Waals surface area contributed by atoms with Crippen LogP contribution < -0.4 is 19.5 Å². The van der Waals surface area contributed by atoms with Gasteiger partial charge < -0.3 is 19.5 Å². The number of imidazole rings is 1. The lowest BCUT2D eigenvalue weighted by molar-refractivity contribution is 0.355. The smallest absolute Gasteiger partial charge is 0.182 e. The molecule has 0 aliphatic heterocycles. The quantitative estimate of drug-likeness (QED) is 0.460. The number of nitrogens with zero attached hydrogens (tertiary/aromatic N) is 4. The molecule has 160 valence electrons. The predicted octanol–water partition coefficient (Wildman–Crippen LogP) is 4.83. The third kappa shape index (κ3) is 3.82. The van der Waals surface area contributed by atoms with E-state index in [9.17, 15) is 0 Å². The second-order valence-electron chi connectivity index (χ2n) is 6.83. The van der Waals surface area contributed by atoms with Crippen LogP contribution in [-0.2, 0) is 0 Å². The van der Waals surface area contributed by atoms with Gasteiger partial charge in [-0.25, -0.2) is 14.5 Å². The Bertz CT molecular complexity index is 1270. The summed E-state index contributed by atoms with van der Waals surface area (Å²) in [5.41, 5.74) is 3.15. The van der Waals surface area contributed by atoms with Gasteiger partial charge in [-0.15, -0.1) is 5.10 Å². The van der Waals surface area contributed by atoms with Gasteiger partial charge in [0.1, 0.15) is 17.1 Å². The summed E-state index contributed by atoms with van der Waals surface area (Å²) >= 11 is 6.30. The SMILES string of the molecule is COc1ccc(Nc2nc(-c3ccc(OC)c(OC)c3)nn3c(C)nc(C)c23)cc1Cl. The Morgan fingerprint density at radius 3 is 2.26 bits per heavy atom. The summed E-state index contributed by atoms with van der Waals surface area (Å²) in [4.78, 5) is 9.35. The fourth-order valence-electron chi connectivity index (χ4n) is 3.39. The van der Waals surface area contributed by atoms with Gasteiger partial charge in [0.05, 0.1) is 32.0 Å². The van der Waals surface area contributed by atoms with E-state index in [2.05, 4.69) is 10.3 Å². The summed E-state index contributed by atoms with van der Waals surface area (Å²) in [5.74, 6) is 3.71. The largest absolute Gasteiger partial charge is 0.495 e. The Morgan fingerprint density at radius 1 is 0.871 bits per heavy atom. The van der Waals surface area contributed by atoms with Gasteiger partial charge in [-0.2, -0.15) is 0 Å². The average molecular weight is 440 g/mol. The van der Waals surface area contributed by atoms with Crippen molar-refractivity contribution in [2.45, 2.75) is 13.8 Å². The van der Waals surface area contributed by atoms with Crippen molar-refractivity contribution in [3.63, 3.8) is 0 Å². The van der Waals surface area contributed by atoms with Gasteiger partial charge in [-0.05, 0) is 50.2 Å². The van der Waals surface area contributed by atoms with Crippen LogP contribution in [0.15, 0.2) is 36.4 Å². The zero-order chi connectivity index (χ0) is 22.1. The highest BCUT2D eigenvalue weighted by atomic mass is 35.5. The van der Waals surface area contributed by atoms with Crippen molar-refractivity contribution in [1.29, 1.82) is 0 Å². The van der Waals surface area contributed by atoms with Crippen molar-refractivity contribution in [2.75, 3.05) is 26.6 Å². The maximum atomic E-state index is 6.30. The van der Waals surface area contributed by atoms with E-state index in [-0.39, 0.29) is 0 Å². The van der Waals surface area contributed by atoms with Crippen molar-refractivity contribution < 1.29 is 14.2 Å². The van der Waals surface area contributed by atoms with E-state index in [0.29, 0.717) is 33.9 Å². The highest BCUT2D eigenvalue weighted by Crippen LogP contribution is 2.34. The van der Waals surface area contributed by atoms with Gasteiger partial charge in [-0.3, -0.25) is 0 Å². The molecule has 8 nitrogen and oxygen atoms in total. The van der Waals surface area contributed by atoms with E-state index in [1.165, 1.54) is 0 Å². The third-order valence-electron chi connectivity index (χ3n) is 4.88. The predicted molar refractivity (Wildman–Crippen MR) is 120 cm³/mol. The summed E-state index contributed by atoms with van der Waals surface area (Å²) in [6.45, 7) is 3.83. The number of anilines is 2. The molecule has 0 atom stereocenters. The van der Waals surface area contributed by atoms with Crippen LogP contribution in [0.3, 0.4) is 0 Å². The van der Waals surface area contributed by atoms with Gasteiger partial charge in [0.15, 0.2) is 23.1 Å². The first kappa shape index (κ1) is 20.7. The molecule has 4 rings (SSSR count). The van der Waals surface area contributed by atoms with Crippen LogP contribution in [0.2, 0.25) is 5.02 Å². The first-order chi connectivity index (χ1) is 14.9. The molecule has 0 saturated carbocycles. The maximum absolute atomic E-state index is 6.30. The lowest BCUT2D eigenvalue weighted by Crippen LogP contribution is -2.05. The number of fused-ring (bicyclic) bond motifs is 1. The van der Waals surface area contributed by atoms with Crippen molar-refractivity contribution >= 4 is 28.6 Å². The van der Waals surface area contributed by atoms with Gasteiger partial charge in [-0.1, -0.05) is 11.6 Å². The highest BCUT2D eigenvalue weighted by molar-refractivity contribution is 6.32. The summed E-state index contributed by atoms with van der Waals surface area (Å²) in [5, 5.41) is 8.55. The first-order valence-corrected chi connectivity index (χ1v) is 9.90. The number of aromatic nitrogens is 4. The molecule has 0 aliphatic rings. The van der Waals surface area contributed by atoms with Gasteiger partial charge in [0, 0.05) is 11.3 Å². The molecule has 31 heavy (non-hydrogen) atoms. The molecule has 0 spiro atoms. The first-order valence-electron chi connectivity index (χ1n) is 9.52. The number of halogens is 1. The molecule has 9 heteroatoms. The average Bonchev–Trinajstić information content (AvgIpc) is 3.07. The fraction of sp³-hybridized carbons (Fsp3) is 0.227. The van der Waals surface area contributed by atoms with E-state index < -0.39 is 0 Å². The minimum atomic E-state index is 0.499. The Morgan fingerprint density at radius 2 is 1.58 bits per heavy atom. The number of hydrogen-bond donors (Lipinski definition) is 1. The highest BCUT2D eigenvalue weighted by Gasteiger charge is 2.17. The van der Waals surface area contributed by atoms with Crippen LogP contribution in [0.5, 0.6) is 17.2 Å². The molecule has 2 heterocycles. The van der Waals surface area contributed by atoms with Crippen LogP contribution in [0.25, 0.3) is 16.9 Å². The van der Waals surface area contributed by atoms with Crippen LogP contribution in [0.1, 0.15) is 11.5 Å². The summed E-state index contributed by atoms with van der Waals surface area (Å²) in [6, 6.07) is 11.0. The zero-order valence-electron chi connectivity index (χ0n) is 17.9. The molecular weight excluding hydrogens is 418 g/mol. The number of nitrogens with one attached hydrogen (secondary N) is 1. The third-order valence-corrected chi connectivity index (χ3v) is 5.18. The minimum Gasteiger partial charge on any atom is -0.495 e. The summed E-state index contributed by atoms with van der Waals surface area (Å²) in [7, 11) is 4.77. The van der Waals surface area contributed by atoms with Crippen LogP contribution in [0.4, 0.5) is 11.5 Å². The number of rotatable bonds is 6. The second-order valence-corrected chi connectivity index (χ2v) is 7.24. The molecule has 1 N–H and O–H groups in total. The Labute approximate surface area is 184 Å². The number of benzene rings is 2. The van der Waals surface area contributed by atoms with Gasteiger partial charge in [0.25, 0.3) is 0 Å². The summed E-state index contributed by atoms with van der Waals surface area (Å²) in [6.07, 6.45) is 0. The molecule has 0 radical (unpaired) electrons. The molecule has 0 saturated heterocycles. The van der Waals surface area contributed by atoms with Gasteiger partial charge in [0.2, 0.25) is 0 Å². The van der Waals surface area contributed by atoms with Crippen LogP contribution in [-0.4, -0.2) is 40.9 Å². The Kier molecular flexibility index (Phi) is 5.56. The second kappa shape index (κ2) is 8.31. The van der Waals surface area contributed by atoms with Crippen molar-refractivity contribution in [3.8, 4) is 28.6 Å². The number of methoxy groups -OCH3 is 3.